The molecule has 0 unspecified atom stereocenters. The fraction of sp³-hybridized carbons (Fsp3) is 0.462. The number of hydrogen-bond acceptors (Lipinski definition) is 1. The number of nitrogens with zero attached hydrogens (tertiary/aromatic N) is 1. The van der Waals surface area contributed by atoms with E-state index in [0.717, 1.165) is 40.0 Å². The summed E-state index contributed by atoms with van der Waals surface area (Å²) in [5.74, 6) is 0. The Balaban J connectivity index is 0.00000225. The van der Waals surface area contributed by atoms with Crippen molar-refractivity contribution in [1.29, 1.82) is 0 Å². The van der Waals surface area contributed by atoms with E-state index in [1.807, 2.05) is 27.7 Å². The van der Waals surface area contributed by atoms with Crippen LogP contribution in [-0.4, -0.2) is 0 Å². The molecule has 1 rings (SSSR count). The summed E-state index contributed by atoms with van der Waals surface area (Å²) in [6, 6.07) is 3.27. The number of aryl methyl sites for hydroxylation is 2. The zero-order valence-electron chi connectivity index (χ0n) is 10.6. The minimum Gasteiger partial charge on any atom is -0.640 e. The van der Waals surface area contributed by atoms with Gasteiger partial charge in [0.1, 0.15) is 5.69 Å². The summed E-state index contributed by atoms with van der Waals surface area (Å²) in [6.45, 7) is 11.7. The zero-order chi connectivity index (χ0) is 11.6. The van der Waals surface area contributed by atoms with Crippen molar-refractivity contribution >= 4 is 5.57 Å². The second kappa shape index (κ2) is 6.51. The molecule has 0 aliphatic rings. The molecule has 85 valence electrons. The Hall–Kier alpha value is -0.206. The van der Waals surface area contributed by atoms with Crippen LogP contribution in [0.3, 0.4) is 0 Å². The van der Waals surface area contributed by atoms with Gasteiger partial charge in [0.05, 0.1) is 5.69 Å². The maximum absolute atomic E-state index is 12.0. The molecule has 3 heteroatoms. The van der Waals surface area contributed by atoms with Crippen molar-refractivity contribution in [3.8, 4) is 0 Å². The van der Waals surface area contributed by atoms with Gasteiger partial charge in [-0.25, -0.2) is 0 Å². The predicted octanol–water partition coefficient (Wildman–Crippen LogP) is 2.72. The van der Waals surface area contributed by atoms with E-state index >= 15 is 0 Å². The van der Waals surface area contributed by atoms with E-state index in [1.165, 1.54) is 0 Å². The Morgan fingerprint density at radius 3 is 2.38 bits per heavy atom. The minimum atomic E-state index is 0. The van der Waals surface area contributed by atoms with Crippen molar-refractivity contribution in [3.05, 3.63) is 40.4 Å². The van der Waals surface area contributed by atoms with Gasteiger partial charge in [0.25, 0.3) is 0 Å². The average Bonchev–Trinajstić information content (AvgIpc) is 2.24. The molecule has 0 aromatic carbocycles. The van der Waals surface area contributed by atoms with Crippen LogP contribution in [0.25, 0.3) is 5.57 Å². The first-order valence-electron chi connectivity index (χ1n) is 5.35. The molecule has 0 aliphatic carbocycles. The van der Waals surface area contributed by atoms with Crippen LogP contribution in [0.4, 0.5) is 0 Å². The van der Waals surface area contributed by atoms with Gasteiger partial charge in [0.2, 0.25) is 0 Å². The number of allylic oxidation sites excluding steroid dienone is 1. The first-order valence-corrected chi connectivity index (χ1v) is 5.35. The third-order valence-corrected chi connectivity index (χ3v) is 2.79. The molecular formula is C13H18NOY-. The Morgan fingerprint density at radius 1 is 1.38 bits per heavy atom. The quantitative estimate of drug-likeness (QED) is 0.478. The maximum Gasteiger partial charge on any atom is 0.115 e. The van der Waals surface area contributed by atoms with Gasteiger partial charge in [-0.15, -0.1) is 6.58 Å². The van der Waals surface area contributed by atoms with Gasteiger partial charge in [-0.2, -0.15) is 6.07 Å². The first-order chi connectivity index (χ1) is 7.02. The van der Waals surface area contributed by atoms with Crippen LogP contribution in [0.1, 0.15) is 42.8 Å². The molecule has 0 aliphatic heterocycles. The first kappa shape index (κ1) is 15.8. The normalized spacial score (nSPS) is 9.75. The number of rotatable bonds is 3. The molecule has 0 saturated carbocycles. The van der Waals surface area contributed by atoms with Crippen molar-refractivity contribution in [2.75, 3.05) is 0 Å². The second-order valence-corrected chi connectivity index (χ2v) is 3.77. The van der Waals surface area contributed by atoms with E-state index in [2.05, 4.69) is 12.6 Å². The largest absolute Gasteiger partial charge is 0.640 e. The van der Waals surface area contributed by atoms with Crippen molar-refractivity contribution in [3.63, 3.8) is 0 Å². The molecular weight excluding hydrogens is 275 g/mol. The monoisotopic (exact) mass is 293 g/mol. The van der Waals surface area contributed by atoms with Crippen LogP contribution in [0.5, 0.6) is 0 Å². The van der Waals surface area contributed by atoms with Crippen LogP contribution in [0, 0.1) is 25.1 Å². The van der Waals surface area contributed by atoms with E-state index in [9.17, 15) is 5.21 Å². The molecule has 1 aromatic heterocycles. The zero-order valence-corrected chi connectivity index (χ0v) is 13.4. The van der Waals surface area contributed by atoms with Gasteiger partial charge >= 0.3 is 0 Å². The summed E-state index contributed by atoms with van der Waals surface area (Å²) in [7, 11) is 0. The number of aromatic nitrogens is 1. The van der Waals surface area contributed by atoms with Crippen LogP contribution in [-0.2, 0) is 39.1 Å². The van der Waals surface area contributed by atoms with Gasteiger partial charge in [0, 0.05) is 32.7 Å². The van der Waals surface area contributed by atoms with Gasteiger partial charge < -0.3 is 5.21 Å². The molecule has 0 spiro atoms. The molecule has 0 N–H and O–H groups in total. The molecule has 2 nitrogen and oxygen atoms in total. The smallest absolute Gasteiger partial charge is 0.115 e. The third-order valence-electron chi connectivity index (χ3n) is 2.79. The van der Waals surface area contributed by atoms with Crippen LogP contribution >= 0.6 is 0 Å². The third kappa shape index (κ3) is 2.92. The average molecular weight is 293 g/mol. The maximum atomic E-state index is 12.0. The Bertz CT molecular complexity index is 399. The van der Waals surface area contributed by atoms with Gasteiger partial charge in [0.15, 0.2) is 0 Å². The van der Waals surface area contributed by atoms with E-state index in [4.69, 9.17) is 0 Å². The molecule has 0 atom stereocenters. The minimum absolute atomic E-state index is 0. The fourth-order valence-corrected chi connectivity index (χ4v) is 1.60. The summed E-state index contributed by atoms with van der Waals surface area (Å²) in [5, 5.41) is 12.0. The Morgan fingerprint density at radius 2 is 1.94 bits per heavy atom. The predicted molar refractivity (Wildman–Crippen MR) is 62.4 cm³/mol. The van der Waals surface area contributed by atoms with Crippen LogP contribution in [0.2, 0.25) is 0 Å². The Kier molecular flexibility index (Phi) is 6.43. The molecule has 0 amide bonds. The van der Waals surface area contributed by atoms with Crippen molar-refractivity contribution in [1.82, 2.24) is 0 Å². The van der Waals surface area contributed by atoms with Gasteiger partial charge in [-0.3, -0.25) is 4.73 Å². The molecule has 1 aromatic rings. The number of pyridine rings is 1. The SMILES string of the molecule is C=C(CC)c1c(CC)[c-]c(C)c(C)[n+]1[O-].[Y]. The molecule has 0 bridgehead atoms. The van der Waals surface area contributed by atoms with E-state index < -0.39 is 0 Å². The van der Waals surface area contributed by atoms with Crippen molar-refractivity contribution < 1.29 is 37.4 Å². The summed E-state index contributed by atoms with van der Waals surface area (Å²) in [6.07, 6.45) is 1.61. The molecule has 1 radical (unpaired) electrons. The number of hydrogen-bond donors (Lipinski definition) is 0. The van der Waals surface area contributed by atoms with E-state index in [-0.39, 0.29) is 32.7 Å². The van der Waals surface area contributed by atoms with E-state index in [1.54, 1.807) is 0 Å². The van der Waals surface area contributed by atoms with Gasteiger partial charge in [-0.1, -0.05) is 31.9 Å². The summed E-state index contributed by atoms with van der Waals surface area (Å²) in [4.78, 5) is 0. The van der Waals surface area contributed by atoms with Crippen LogP contribution < -0.4 is 4.73 Å². The van der Waals surface area contributed by atoms with Crippen LogP contribution in [0.15, 0.2) is 6.58 Å². The van der Waals surface area contributed by atoms with Crippen molar-refractivity contribution in [2.45, 2.75) is 40.5 Å². The summed E-state index contributed by atoms with van der Waals surface area (Å²) < 4.78 is 0.997. The van der Waals surface area contributed by atoms with Gasteiger partial charge in [-0.05, 0) is 25.3 Å². The second-order valence-electron chi connectivity index (χ2n) is 3.77. The summed E-state index contributed by atoms with van der Waals surface area (Å²) >= 11 is 0. The summed E-state index contributed by atoms with van der Waals surface area (Å²) in [5.41, 5.74) is 4.22. The van der Waals surface area contributed by atoms with Crippen molar-refractivity contribution in [2.24, 2.45) is 0 Å². The van der Waals surface area contributed by atoms with E-state index in [0.29, 0.717) is 5.69 Å². The fourth-order valence-electron chi connectivity index (χ4n) is 1.60. The topological polar surface area (TPSA) is 26.9 Å². The molecule has 0 saturated heterocycles. The molecule has 0 fully saturated rings. The standard InChI is InChI=1S/C13H18NO.Y/c1-6-9(3)13-12(7-2)8-10(4)11(5)14(13)15;/h3,6-7H2,1-2,4-5H3;/q-1;. The molecule has 1 heterocycles. The Labute approximate surface area is 123 Å². The molecule has 16 heavy (non-hydrogen) atoms.